The van der Waals surface area contributed by atoms with Crippen LogP contribution < -0.4 is 9.05 Å². The van der Waals surface area contributed by atoms with Crippen LogP contribution in [0, 0.1) is 0 Å². The molecular weight excluding hydrogens is 371 g/mol. The van der Waals surface area contributed by atoms with E-state index in [1.165, 1.54) is 0 Å². The van der Waals surface area contributed by atoms with Crippen LogP contribution in [0.3, 0.4) is 0 Å². The highest BCUT2D eigenvalue weighted by atomic mass is 35.7. The molecule has 0 amide bonds. The van der Waals surface area contributed by atoms with E-state index in [2.05, 4.69) is 39.8 Å². The van der Waals surface area contributed by atoms with Gasteiger partial charge in [-0.2, -0.15) is 0 Å². The van der Waals surface area contributed by atoms with Crippen LogP contribution in [0.2, 0.25) is 0 Å². The lowest BCUT2D eigenvalue weighted by molar-refractivity contribution is 0.490. The molecule has 0 fully saturated rings. The largest absolute Gasteiger partial charge is 0.424 e. The summed E-state index contributed by atoms with van der Waals surface area (Å²) in [6.45, 7) is 8.63. The van der Waals surface area contributed by atoms with Crippen LogP contribution in [0.5, 0.6) is 11.5 Å². The highest BCUT2D eigenvalue weighted by Crippen LogP contribution is 2.55. The molecule has 0 bridgehead atoms. The Kier molecular flexibility index (Phi) is 7.37. The van der Waals surface area contributed by atoms with Gasteiger partial charge >= 0.3 is 5.84 Å². The standard InChI is InChI=1S/C20H26ClO2PS/c1-5-15(3)17-11-7-9-13-19(17)22-24(21,25)23-20-14-10-8-12-18(20)16(4)6-2/h7-16H,5-6H2,1-4H3. The first-order valence-corrected chi connectivity index (χ1v) is 12.3. The van der Waals surface area contributed by atoms with E-state index in [9.17, 15) is 0 Å². The van der Waals surface area contributed by atoms with Crippen molar-refractivity contribution in [2.24, 2.45) is 0 Å². The average molecular weight is 397 g/mol. The minimum absolute atomic E-state index is 0.371. The number of halogens is 1. The fourth-order valence-electron chi connectivity index (χ4n) is 2.63. The summed E-state index contributed by atoms with van der Waals surface area (Å²) in [4.78, 5) is 0. The molecule has 0 radical (unpaired) electrons. The topological polar surface area (TPSA) is 18.5 Å². The molecular formula is C20H26ClO2PS. The number of benzene rings is 2. The molecule has 0 aliphatic carbocycles. The van der Waals surface area contributed by atoms with Gasteiger partial charge < -0.3 is 9.05 Å². The molecule has 0 saturated carbocycles. The van der Waals surface area contributed by atoms with Crippen molar-refractivity contribution in [3.8, 4) is 11.5 Å². The van der Waals surface area contributed by atoms with Crippen LogP contribution in [0.15, 0.2) is 48.5 Å². The van der Waals surface area contributed by atoms with Gasteiger partial charge in [-0.25, -0.2) is 0 Å². The van der Waals surface area contributed by atoms with Crippen molar-refractivity contribution in [1.82, 2.24) is 0 Å². The van der Waals surface area contributed by atoms with Crippen molar-refractivity contribution in [3.05, 3.63) is 59.7 Å². The molecule has 0 aliphatic heterocycles. The summed E-state index contributed by atoms with van der Waals surface area (Å²) in [6.07, 6.45) is 2.03. The molecule has 0 spiro atoms. The van der Waals surface area contributed by atoms with Gasteiger partial charge in [0, 0.05) is 11.8 Å². The molecule has 25 heavy (non-hydrogen) atoms. The molecule has 5 heteroatoms. The van der Waals surface area contributed by atoms with Crippen molar-refractivity contribution >= 4 is 28.9 Å². The Hall–Kier alpha value is -1.02. The zero-order chi connectivity index (χ0) is 18.4. The van der Waals surface area contributed by atoms with E-state index in [1.807, 2.05) is 36.4 Å². The van der Waals surface area contributed by atoms with Crippen LogP contribution in [0.1, 0.15) is 63.5 Å². The fourth-order valence-corrected chi connectivity index (χ4v) is 4.40. The van der Waals surface area contributed by atoms with E-state index >= 15 is 0 Å². The van der Waals surface area contributed by atoms with Crippen molar-refractivity contribution in [2.75, 3.05) is 0 Å². The molecule has 0 N–H and O–H groups in total. The summed E-state index contributed by atoms with van der Waals surface area (Å²) in [5.41, 5.74) is 2.22. The molecule has 0 heterocycles. The Morgan fingerprint density at radius 2 is 1.20 bits per heavy atom. The zero-order valence-corrected chi connectivity index (χ0v) is 17.7. The third-order valence-electron chi connectivity index (χ3n) is 4.54. The Bertz CT molecular complexity index is 690. The van der Waals surface area contributed by atoms with Crippen molar-refractivity contribution in [1.29, 1.82) is 0 Å². The van der Waals surface area contributed by atoms with Crippen molar-refractivity contribution in [2.45, 2.75) is 52.4 Å². The van der Waals surface area contributed by atoms with Crippen LogP contribution in [0.4, 0.5) is 0 Å². The first kappa shape index (κ1) is 20.3. The predicted molar refractivity (Wildman–Crippen MR) is 112 cm³/mol. The van der Waals surface area contributed by atoms with Crippen molar-refractivity contribution < 1.29 is 9.05 Å². The second-order valence-electron chi connectivity index (χ2n) is 6.31. The molecule has 2 nitrogen and oxygen atoms in total. The second-order valence-corrected chi connectivity index (χ2v) is 10.9. The molecule has 2 rings (SSSR count). The van der Waals surface area contributed by atoms with Gasteiger partial charge in [0.25, 0.3) is 0 Å². The van der Waals surface area contributed by atoms with E-state index in [0.717, 1.165) is 35.5 Å². The summed E-state index contributed by atoms with van der Waals surface area (Å²) in [7, 11) is 0. The second kappa shape index (κ2) is 9.07. The smallest absolute Gasteiger partial charge is 0.384 e. The van der Waals surface area contributed by atoms with Crippen LogP contribution >= 0.6 is 17.1 Å². The third kappa shape index (κ3) is 5.48. The third-order valence-corrected chi connectivity index (χ3v) is 6.23. The highest BCUT2D eigenvalue weighted by Gasteiger charge is 2.23. The van der Waals surface area contributed by atoms with E-state index < -0.39 is 5.84 Å². The molecule has 2 aromatic rings. The Morgan fingerprint density at radius 3 is 1.56 bits per heavy atom. The molecule has 136 valence electrons. The fraction of sp³-hybridized carbons (Fsp3) is 0.400. The Morgan fingerprint density at radius 1 is 0.840 bits per heavy atom. The van der Waals surface area contributed by atoms with E-state index in [1.54, 1.807) is 0 Å². The first-order chi connectivity index (χ1) is 11.9. The summed E-state index contributed by atoms with van der Waals surface area (Å²) >= 11 is 12.0. The number of hydrogen-bond acceptors (Lipinski definition) is 3. The van der Waals surface area contributed by atoms with Crippen LogP contribution in [0.25, 0.3) is 0 Å². The van der Waals surface area contributed by atoms with Gasteiger partial charge in [0.2, 0.25) is 0 Å². The first-order valence-electron chi connectivity index (χ1n) is 8.74. The Labute approximate surface area is 161 Å². The minimum atomic E-state index is -2.99. The summed E-state index contributed by atoms with van der Waals surface area (Å²) in [5, 5.41) is 0. The predicted octanol–water partition coefficient (Wildman–Crippen LogP) is 7.63. The molecule has 2 atom stereocenters. The maximum absolute atomic E-state index is 6.53. The molecule has 0 saturated heterocycles. The lowest BCUT2D eigenvalue weighted by Gasteiger charge is -2.23. The molecule has 2 aromatic carbocycles. The van der Waals surface area contributed by atoms with Gasteiger partial charge in [0.15, 0.2) is 0 Å². The number of para-hydroxylation sites is 2. The van der Waals surface area contributed by atoms with E-state index in [0.29, 0.717) is 11.8 Å². The molecule has 0 aromatic heterocycles. The van der Waals surface area contributed by atoms with Gasteiger partial charge in [-0.1, -0.05) is 64.1 Å². The SMILES string of the molecule is CCC(C)c1ccccc1OP(=S)(Cl)Oc1ccccc1C(C)CC. The molecule has 0 aliphatic rings. The number of hydrogen-bond donors (Lipinski definition) is 0. The van der Waals surface area contributed by atoms with Gasteiger partial charge in [-0.3, -0.25) is 0 Å². The highest BCUT2D eigenvalue weighted by molar-refractivity contribution is 8.22. The van der Waals surface area contributed by atoms with Gasteiger partial charge in [0.1, 0.15) is 11.5 Å². The average Bonchev–Trinajstić information content (AvgIpc) is 2.60. The summed E-state index contributed by atoms with van der Waals surface area (Å²) in [6, 6.07) is 15.8. The number of rotatable bonds is 8. The van der Waals surface area contributed by atoms with Gasteiger partial charge in [0.05, 0.1) is 0 Å². The molecule has 2 unspecified atom stereocenters. The lowest BCUT2D eigenvalue weighted by atomic mass is 9.98. The summed E-state index contributed by atoms with van der Waals surface area (Å²) in [5.74, 6) is -0.806. The quantitative estimate of drug-likeness (QED) is 0.427. The zero-order valence-electron chi connectivity index (χ0n) is 15.2. The monoisotopic (exact) mass is 396 g/mol. The van der Waals surface area contributed by atoms with Crippen LogP contribution in [-0.2, 0) is 11.8 Å². The maximum atomic E-state index is 6.53. The van der Waals surface area contributed by atoms with E-state index in [4.69, 9.17) is 32.1 Å². The maximum Gasteiger partial charge on any atom is 0.384 e. The summed E-state index contributed by atoms with van der Waals surface area (Å²) < 4.78 is 12.0. The lowest BCUT2D eigenvalue weighted by Crippen LogP contribution is -2.02. The van der Waals surface area contributed by atoms with Crippen LogP contribution in [-0.4, -0.2) is 0 Å². The van der Waals surface area contributed by atoms with Gasteiger partial charge in [-0.05, 0) is 59.2 Å². The normalized spacial score (nSPS) is 15.9. The van der Waals surface area contributed by atoms with E-state index in [-0.39, 0.29) is 0 Å². The van der Waals surface area contributed by atoms with Gasteiger partial charge in [-0.15, -0.1) is 0 Å². The van der Waals surface area contributed by atoms with Crippen molar-refractivity contribution in [3.63, 3.8) is 0 Å². The Balaban J connectivity index is 2.26. The minimum Gasteiger partial charge on any atom is -0.424 e.